The highest BCUT2D eigenvalue weighted by Crippen LogP contribution is 2.23. The first-order chi connectivity index (χ1) is 12.9. The summed E-state index contributed by atoms with van der Waals surface area (Å²) >= 11 is 0. The second-order valence-corrected chi connectivity index (χ2v) is 9.01. The van der Waals surface area contributed by atoms with Gasteiger partial charge in [0.2, 0.25) is 0 Å². The number of nitrogens with zero attached hydrogens (tertiary/aromatic N) is 1. The second-order valence-electron chi connectivity index (χ2n) is 7.33. The Balaban J connectivity index is 1.70. The summed E-state index contributed by atoms with van der Waals surface area (Å²) in [6.07, 6.45) is 2.06. The predicted octanol–water partition coefficient (Wildman–Crippen LogP) is 3.91. The summed E-state index contributed by atoms with van der Waals surface area (Å²) in [5.41, 5.74) is 2.74. The summed E-state index contributed by atoms with van der Waals surface area (Å²) in [4.78, 5) is 2.48. The molecule has 0 spiro atoms. The van der Waals surface area contributed by atoms with Gasteiger partial charge >= 0.3 is 0 Å². The highest BCUT2D eigenvalue weighted by atomic mass is 32.2. The summed E-state index contributed by atoms with van der Waals surface area (Å²) in [6, 6.07) is 14.7. The lowest BCUT2D eigenvalue weighted by atomic mass is 10.0. The molecule has 0 saturated carbocycles. The monoisotopic (exact) mass is 388 g/mol. The van der Waals surface area contributed by atoms with Crippen molar-refractivity contribution >= 4 is 21.4 Å². The van der Waals surface area contributed by atoms with E-state index in [1.54, 1.807) is 18.2 Å². The van der Waals surface area contributed by atoms with Crippen LogP contribution in [0.15, 0.2) is 53.4 Å². The molecule has 2 aromatic carbocycles. The maximum atomic E-state index is 12.7. The summed E-state index contributed by atoms with van der Waals surface area (Å²) in [5, 5.41) is 0. The van der Waals surface area contributed by atoms with Crippen molar-refractivity contribution in [3.8, 4) is 0 Å². The lowest BCUT2D eigenvalue weighted by Crippen LogP contribution is -2.36. The molecular weight excluding hydrogens is 360 g/mol. The zero-order chi connectivity index (χ0) is 19.3. The van der Waals surface area contributed by atoms with Crippen molar-refractivity contribution in [1.29, 1.82) is 0 Å². The van der Waals surface area contributed by atoms with E-state index in [1.165, 1.54) is 0 Å². The van der Waals surface area contributed by atoms with E-state index in [-0.39, 0.29) is 4.90 Å². The molecule has 1 fully saturated rings. The molecule has 2 aromatic rings. The molecule has 0 atom stereocenters. The van der Waals surface area contributed by atoms with E-state index in [4.69, 9.17) is 4.74 Å². The first-order valence-electron chi connectivity index (χ1n) is 9.48. The molecule has 146 valence electrons. The Labute approximate surface area is 162 Å². The third-order valence-electron chi connectivity index (χ3n) is 4.72. The number of ether oxygens (including phenoxy) is 1. The van der Waals surface area contributed by atoms with Crippen LogP contribution in [-0.4, -0.2) is 34.7 Å². The molecule has 1 aliphatic heterocycles. The van der Waals surface area contributed by atoms with E-state index in [1.807, 2.05) is 30.3 Å². The van der Waals surface area contributed by atoms with Gasteiger partial charge in [0, 0.05) is 18.8 Å². The largest absolute Gasteiger partial charge is 0.378 e. The van der Waals surface area contributed by atoms with Crippen LogP contribution in [0.2, 0.25) is 0 Å². The van der Waals surface area contributed by atoms with E-state index in [0.717, 1.165) is 37.2 Å². The first kappa shape index (κ1) is 19.7. The zero-order valence-corrected chi connectivity index (χ0v) is 16.8. The minimum Gasteiger partial charge on any atom is -0.378 e. The summed E-state index contributed by atoms with van der Waals surface area (Å²) in [5.74, 6) is 0.633. The third-order valence-corrected chi connectivity index (χ3v) is 6.12. The van der Waals surface area contributed by atoms with Crippen LogP contribution in [-0.2, 0) is 21.2 Å². The van der Waals surface area contributed by atoms with Gasteiger partial charge in [-0.1, -0.05) is 32.0 Å². The van der Waals surface area contributed by atoms with Crippen molar-refractivity contribution in [2.45, 2.75) is 31.6 Å². The number of hydrogen-bond donors (Lipinski definition) is 1. The standard InChI is InChI=1S/C21H28N2O3S/c1-17(2)6-7-18-8-10-21(11-9-18)27(24,25)22-19-4-3-5-20(16-19)23-12-14-26-15-13-23/h3-5,8-11,16-17,22H,6-7,12-15H2,1-2H3. The number of morpholine rings is 1. The van der Waals surface area contributed by atoms with Gasteiger partial charge in [0.25, 0.3) is 10.0 Å². The van der Waals surface area contributed by atoms with E-state index < -0.39 is 10.0 Å². The van der Waals surface area contributed by atoms with Gasteiger partial charge in [-0.3, -0.25) is 4.72 Å². The molecule has 1 aliphatic rings. The third kappa shape index (κ3) is 5.47. The van der Waals surface area contributed by atoms with Gasteiger partial charge in [-0.25, -0.2) is 8.42 Å². The zero-order valence-electron chi connectivity index (χ0n) is 16.0. The van der Waals surface area contributed by atoms with Crippen LogP contribution in [0.4, 0.5) is 11.4 Å². The Morgan fingerprint density at radius 1 is 1.07 bits per heavy atom. The Bertz CT molecular complexity index is 842. The van der Waals surface area contributed by atoms with Gasteiger partial charge in [-0.15, -0.1) is 0 Å². The van der Waals surface area contributed by atoms with Crippen LogP contribution in [0.25, 0.3) is 0 Å². The molecule has 0 unspecified atom stereocenters. The van der Waals surface area contributed by atoms with Crippen LogP contribution < -0.4 is 9.62 Å². The van der Waals surface area contributed by atoms with Gasteiger partial charge in [-0.2, -0.15) is 0 Å². The normalized spacial score (nSPS) is 15.1. The van der Waals surface area contributed by atoms with E-state index >= 15 is 0 Å². The number of rotatable bonds is 7. The molecule has 6 heteroatoms. The number of anilines is 2. The summed E-state index contributed by atoms with van der Waals surface area (Å²) in [6.45, 7) is 7.39. The summed E-state index contributed by atoms with van der Waals surface area (Å²) in [7, 11) is -3.60. The molecule has 1 N–H and O–H groups in total. The average molecular weight is 389 g/mol. The Morgan fingerprint density at radius 2 is 1.78 bits per heavy atom. The lowest BCUT2D eigenvalue weighted by molar-refractivity contribution is 0.122. The number of nitrogens with one attached hydrogen (secondary N) is 1. The van der Waals surface area contributed by atoms with Crippen molar-refractivity contribution in [3.05, 3.63) is 54.1 Å². The van der Waals surface area contributed by atoms with Crippen LogP contribution in [0, 0.1) is 5.92 Å². The second kappa shape index (κ2) is 8.76. The number of hydrogen-bond acceptors (Lipinski definition) is 4. The van der Waals surface area contributed by atoms with Gasteiger partial charge in [0.05, 0.1) is 23.8 Å². The molecule has 27 heavy (non-hydrogen) atoms. The fraction of sp³-hybridized carbons (Fsp3) is 0.429. The highest BCUT2D eigenvalue weighted by molar-refractivity contribution is 7.92. The molecule has 0 bridgehead atoms. The highest BCUT2D eigenvalue weighted by Gasteiger charge is 2.16. The van der Waals surface area contributed by atoms with Crippen LogP contribution >= 0.6 is 0 Å². The number of benzene rings is 2. The van der Waals surface area contributed by atoms with Crippen molar-refractivity contribution in [2.24, 2.45) is 5.92 Å². The fourth-order valence-corrected chi connectivity index (χ4v) is 4.14. The number of aryl methyl sites for hydroxylation is 1. The molecular formula is C21H28N2O3S. The molecule has 5 nitrogen and oxygen atoms in total. The molecule has 0 radical (unpaired) electrons. The Kier molecular flexibility index (Phi) is 6.39. The fourth-order valence-electron chi connectivity index (χ4n) is 3.09. The molecule has 0 amide bonds. The van der Waals surface area contributed by atoms with Crippen LogP contribution in [0.5, 0.6) is 0 Å². The van der Waals surface area contributed by atoms with Crippen molar-refractivity contribution < 1.29 is 13.2 Å². The number of sulfonamides is 1. The maximum absolute atomic E-state index is 12.7. The van der Waals surface area contributed by atoms with Gasteiger partial charge < -0.3 is 9.64 Å². The minimum atomic E-state index is -3.60. The Morgan fingerprint density at radius 3 is 2.44 bits per heavy atom. The minimum absolute atomic E-state index is 0.285. The Hall–Kier alpha value is -2.05. The van der Waals surface area contributed by atoms with Gasteiger partial charge in [0.15, 0.2) is 0 Å². The van der Waals surface area contributed by atoms with Crippen molar-refractivity contribution in [3.63, 3.8) is 0 Å². The summed E-state index contributed by atoms with van der Waals surface area (Å²) < 4.78 is 33.5. The van der Waals surface area contributed by atoms with Crippen molar-refractivity contribution in [2.75, 3.05) is 35.9 Å². The quantitative estimate of drug-likeness (QED) is 0.781. The smallest absolute Gasteiger partial charge is 0.261 e. The van der Waals surface area contributed by atoms with E-state index in [0.29, 0.717) is 24.8 Å². The van der Waals surface area contributed by atoms with Gasteiger partial charge in [0.1, 0.15) is 0 Å². The SMILES string of the molecule is CC(C)CCc1ccc(S(=O)(=O)Nc2cccc(N3CCOCC3)c2)cc1. The molecule has 3 rings (SSSR count). The molecule has 1 saturated heterocycles. The predicted molar refractivity (Wildman–Crippen MR) is 110 cm³/mol. The molecule has 0 aliphatic carbocycles. The van der Waals surface area contributed by atoms with Crippen LogP contribution in [0.1, 0.15) is 25.8 Å². The topological polar surface area (TPSA) is 58.6 Å². The van der Waals surface area contributed by atoms with E-state index in [9.17, 15) is 8.42 Å². The molecule has 0 aromatic heterocycles. The maximum Gasteiger partial charge on any atom is 0.261 e. The van der Waals surface area contributed by atoms with Crippen LogP contribution in [0.3, 0.4) is 0 Å². The van der Waals surface area contributed by atoms with Gasteiger partial charge in [-0.05, 0) is 54.7 Å². The average Bonchev–Trinajstić information content (AvgIpc) is 2.67. The van der Waals surface area contributed by atoms with E-state index in [2.05, 4.69) is 23.5 Å². The first-order valence-corrected chi connectivity index (χ1v) is 11.0. The van der Waals surface area contributed by atoms with Crippen molar-refractivity contribution in [1.82, 2.24) is 0 Å². The lowest BCUT2D eigenvalue weighted by Gasteiger charge is -2.29. The molecule has 1 heterocycles.